The molecule has 0 aliphatic carbocycles. The molecule has 2 aromatic carbocycles. The predicted molar refractivity (Wildman–Crippen MR) is 90.3 cm³/mol. The number of hydrogen-bond acceptors (Lipinski definition) is 2. The number of pyridine rings is 1. The highest BCUT2D eigenvalue weighted by atomic mass is 19.1. The van der Waals surface area contributed by atoms with E-state index in [1.54, 1.807) is 24.4 Å². The molecule has 1 atom stereocenters. The molecule has 0 N–H and O–H groups in total. The summed E-state index contributed by atoms with van der Waals surface area (Å²) in [6, 6.07) is 18.5. The van der Waals surface area contributed by atoms with E-state index in [2.05, 4.69) is 9.88 Å². The van der Waals surface area contributed by atoms with E-state index in [1.165, 1.54) is 24.3 Å². The molecule has 1 heterocycles. The van der Waals surface area contributed by atoms with Gasteiger partial charge in [0, 0.05) is 12.7 Å². The van der Waals surface area contributed by atoms with Crippen LogP contribution in [-0.2, 0) is 6.54 Å². The van der Waals surface area contributed by atoms with Crippen molar-refractivity contribution in [2.45, 2.75) is 12.6 Å². The van der Waals surface area contributed by atoms with Gasteiger partial charge in [0.25, 0.3) is 0 Å². The molecule has 122 valence electrons. The van der Waals surface area contributed by atoms with Crippen LogP contribution in [0.3, 0.4) is 0 Å². The summed E-state index contributed by atoms with van der Waals surface area (Å²) in [5, 5.41) is 0. The third kappa shape index (κ3) is 3.84. The highest BCUT2D eigenvalue weighted by Crippen LogP contribution is 2.28. The summed E-state index contributed by atoms with van der Waals surface area (Å²) in [5.74, 6) is -0.531. The van der Waals surface area contributed by atoms with E-state index < -0.39 is 0 Å². The van der Waals surface area contributed by atoms with Crippen LogP contribution in [0.2, 0.25) is 0 Å². The number of benzene rings is 2. The number of hydrogen-bond donors (Lipinski definition) is 0. The molecule has 0 aliphatic heterocycles. The quantitative estimate of drug-likeness (QED) is 0.683. The lowest BCUT2D eigenvalue weighted by atomic mass is 10.0. The van der Waals surface area contributed by atoms with E-state index in [-0.39, 0.29) is 17.7 Å². The Hall–Kier alpha value is -2.59. The van der Waals surface area contributed by atoms with Crippen LogP contribution >= 0.6 is 0 Å². The minimum Gasteiger partial charge on any atom is -0.290 e. The first-order valence-corrected chi connectivity index (χ1v) is 7.74. The van der Waals surface area contributed by atoms with Crippen LogP contribution in [0.4, 0.5) is 8.78 Å². The molecule has 0 saturated carbocycles. The normalized spacial score (nSPS) is 12.3. The number of nitrogens with zero attached hydrogens (tertiary/aromatic N) is 2. The molecule has 3 aromatic rings. The molecule has 24 heavy (non-hydrogen) atoms. The van der Waals surface area contributed by atoms with Crippen LogP contribution in [0.5, 0.6) is 0 Å². The SMILES string of the molecule is CN(Cc1ccc(F)cc1)C(c1cccc(F)c1)c1ccccn1. The molecule has 0 amide bonds. The van der Waals surface area contributed by atoms with Crippen molar-refractivity contribution in [3.8, 4) is 0 Å². The monoisotopic (exact) mass is 324 g/mol. The Bertz CT molecular complexity index is 788. The summed E-state index contributed by atoms with van der Waals surface area (Å²) in [4.78, 5) is 6.51. The molecule has 0 fully saturated rings. The van der Waals surface area contributed by atoms with Crippen LogP contribution in [0.15, 0.2) is 72.9 Å². The minimum absolute atomic E-state index is 0.188. The molecule has 0 bridgehead atoms. The van der Waals surface area contributed by atoms with Crippen molar-refractivity contribution >= 4 is 0 Å². The van der Waals surface area contributed by atoms with Gasteiger partial charge in [-0.2, -0.15) is 0 Å². The minimum atomic E-state index is -0.274. The predicted octanol–water partition coefficient (Wildman–Crippen LogP) is 4.58. The fourth-order valence-electron chi connectivity index (χ4n) is 2.83. The molecule has 0 spiro atoms. The zero-order valence-corrected chi connectivity index (χ0v) is 13.4. The van der Waals surface area contributed by atoms with Crippen molar-refractivity contribution in [3.05, 3.63) is 101 Å². The summed E-state index contributed by atoms with van der Waals surface area (Å²) < 4.78 is 26.8. The standard InChI is InChI=1S/C20H18F2N2/c1-24(14-15-8-10-17(21)11-9-15)20(19-7-2-3-12-23-19)16-5-4-6-18(22)13-16/h2-13,20H,14H2,1H3. The van der Waals surface area contributed by atoms with Crippen LogP contribution in [0, 0.1) is 11.6 Å². The Balaban J connectivity index is 1.93. The molecule has 1 aromatic heterocycles. The Morgan fingerprint density at radius 2 is 1.71 bits per heavy atom. The molecule has 0 saturated heterocycles. The Kier molecular flexibility index (Phi) is 4.96. The smallest absolute Gasteiger partial charge is 0.123 e. The van der Waals surface area contributed by atoms with E-state index in [4.69, 9.17) is 0 Å². The second-order valence-electron chi connectivity index (χ2n) is 5.75. The summed E-state index contributed by atoms with van der Waals surface area (Å²) in [6.45, 7) is 0.595. The Morgan fingerprint density at radius 1 is 0.917 bits per heavy atom. The largest absolute Gasteiger partial charge is 0.290 e. The third-order valence-corrected chi connectivity index (χ3v) is 3.92. The average Bonchev–Trinajstić information content (AvgIpc) is 2.58. The second kappa shape index (κ2) is 7.32. The van der Waals surface area contributed by atoms with Gasteiger partial charge in [-0.3, -0.25) is 9.88 Å². The molecular formula is C20H18F2N2. The molecule has 2 nitrogen and oxygen atoms in total. The van der Waals surface area contributed by atoms with Gasteiger partial charge >= 0.3 is 0 Å². The third-order valence-electron chi connectivity index (χ3n) is 3.92. The average molecular weight is 324 g/mol. The van der Waals surface area contributed by atoms with Crippen molar-refractivity contribution in [3.63, 3.8) is 0 Å². The number of aromatic nitrogens is 1. The van der Waals surface area contributed by atoms with Gasteiger partial charge < -0.3 is 0 Å². The van der Waals surface area contributed by atoms with Gasteiger partial charge in [-0.05, 0) is 54.6 Å². The van der Waals surface area contributed by atoms with E-state index >= 15 is 0 Å². The lowest BCUT2D eigenvalue weighted by Crippen LogP contribution is -2.26. The Morgan fingerprint density at radius 3 is 2.38 bits per heavy atom. The van der Waals surface area contributed by atoms with Crippen LogP contribution in [0.25, 0.3) is 0 Å². The van der Waals surface area contributed by atoms with E-state index in [0.717, 1.165) is 16.8 Å². The first-order chi connectivity index (χ1) is 11.6. The van der Waals surface area contributed by atoms with E-state index in [9.17, 15) is 8.78 Å². The van der Waals surface area contributed by atoms with Crippen LogP contribution in [0.1, 0.15) is 22.9 Å². The first kappa shape index (κ1) is 16.3. The van der Waals surface area contributed by atoms with Gasteiger partial charge in [0.2, 0.25) is 0 Å². The zero-order chi connectivity index (χ0) is 16.9. The molecule has 4 heteroatoms. The molecule has 3 rings (SSSR count). The van der Waals surface area contributed by atoms with E-state index in [0.29, 0.717) is 6.54 Å². The fraction of sp³-hybridized carbons (Fsp3) is 0.150. The maximum Gasteiger partial charge on any atom is 0.123 e. The lowest BCUT2D eigenvalue weighted by Gasteiger charge is -2.28. The van der Waals surface area contributed by atoms with Crippen molar-refractivity contribution in [2.24, 2.45) is 0 Å². The Labute approximate surface area is 140 Å². The fourth-order valence-corrected chi connectivity index (χ4v) is 2.83. The van der Waals surface area contributed by atoms with Gasteiger partial charge in [0.15, 0.2) is 0 Å². The maximum absolute atomic E-state index is 13.7. The number of halogens is 2. The zero-order valence-electron chi connectivity index (χ0n) is 13.4. The number of rotatable bonds is 5. The van der Waals surface area contributed by atoms with Crippen molar-refractivity contribution in [1.29, 1.82) is 0 Å². The molecule has 0 radical (unpaired) electrons. The molecule has 1 unspecified atom stereocenters. The van der Waals surface area contributed by atoms with Crippen LogP contribution in [-0.4, -0.2) is 16.9 Å². The summed E-state index contributed by atoms with van der Waals surface area (Å²) in [7, 11) is 1.95. The van der Waals surface area contributed by atoms with Gasteiger partial charge in [-0.25, -0.2) is 8.78 Å². The van der Waals surface area contributed by atoms with Crippen LogP contribution < -0.4 is 0 Å². The second-order valence-corrected chi connectivity index (χ2v) is 5.75. The summed E-state index contributed by atoms with van der Waals surface area (Å²) in [6.07, 6.45) is 1.73. The van der Waals surface area contributed by atoms with Gasteiger partial charge in [0.05, 0.1) is 11.7 Å². The maximum atomic E-state index is 13.7. The highest BCUT2D eigenvalue weighted by molar-refractivity contribution is 5.29. The van der Waals surface area contributed by atoms with Gasteiger partial charge in [-0.15, -0.1) is 0 Å². The topological polar surface area (TPSA) is 16.1 Å². The van der Waals surface area contributed by atoms with Gasteiger partial charge in [0.1, 0.15) is 11.6 Å². The van der Waals surface area contributed by atoms with Gasteiger partial charge in [-0.1, -0.05) is 30.3 Å². The van der Waals surface area contributed by atoms with Crippen molar-refractivity contribution in [2.75, 3.05) is 7.05 Å². The summed E-state index contributed by atoms with van der Waals surface area (Å²) in [5.41, 5.74) is 2.65. The van der Waals surface area contributed by atoms with Crippen molar-refractivity contribution in [1.82, 2.24) is 9.88 Å². The summed E-state index contributed by atoms with van der Waals surface area (Å²) >= 11 is 0. The molecular weight excluding hydrogens is 306 g/mol. The van der Waals surface area contributed by atoms with Crippen molar-refractivity contribution < 1.29 is 8.78 Å². The molecule has 0 aliphatic rings. The highest BCUT2D eigenvalue weighted by Gasteiger charge is 2.21. The van der Waals surface area contributed by atoms with E-state index in [1.807, 2.05) is 31.3 Å². The lowest BCUT2D eigenvalue weighted by molar-refractivity contribution is 0.265. The first-order valence-electron chi connectivity index (χ1n) is 7.74.